The van der Waals surface area contributed by atoms with Crippen LogP contribution in [0.5, 0.6) is 0 Å². The Morgan fingerprint density at radius 2 is 1.80 bits per heavy atom. The predicted octanol–water partition coefficient (Wildman–Crippen LogP) is 4.99. The lowest BCUT2D eigenvalue weighted by Crippen LogP contribution is -2.37. The molecule has 0 radical (unpaired) electrons. The molecule has 1 aromatic heterocycles. The fourth-order valence-electron chi connectivity index (χ4n) is 3.22. The van der Waals surface area contributed by atoms with Crippen LogP contribution < -0.4 is 4.90 Å². The van der Waals surface area contributed by atoms with E-state index in [0.29, 0.717) is 6.20 Å². The first kappa shape index (κ1) is 26.1. The van der Waals surface area contributed by atoms with Gasteiger partial charge in [-0.3, -0.25) is 9.78 Å². The third-order valence-corrected chi connectivity index (χ3v) is 5.43. The number of aliphatic hydroxyl groups is 1. The molecule has 6 nitrogen and oxygen atoms in total. The molecule has 3 rings (SSSR count). The average molecular weight is 511 g/mol. The summed E-state index contributed by atoms with van der Waals surface area (Å²) >= 11 is 6.06. The molecule has 3 aromatic rings. The minimum atomic E-state index is -4.54. The highest BCUT2D eigenvalue weighted by Crippen LogP contribution is 2.29. The molecule has 1 N–H and O–H groups in total. The van der Waals surface area contributed by atoms with E-state index >= 15 is 0 Å². The van der Waals surface area contributed by atoms with Crippen LogP contribution >= 0.6 is 11.6 Å². The number of methoxy groups -OCH3 is 1. The van der Waals surface area contributed by atoms with Crippen molar-refractivity contribution in [1.29, 1.82) is 0 Å². The van der Waals surface area contributed by atoms with Crippen molar-refractivity contribution in [3.8, 4) is 0 Å². The van der Waals surface area contributed by atoms with Crippen LogP contribution in [0.15, 0.2) is 60.8 Å². The second kappa shape index (κ2) is 10.8. The van der Waals surface area contributed by atoms with Gasteiger partial charge in [0.25, 0.3) is 5.91 Å². The Morgan fingerprint density at radius 3 is 2.37 bits per heavy atom. The summed E-state index contributed by atoms with van der Waals surface area (Å²) in [5.41, 5.74) is -0.395. The topological polar surface area (TPSA) is 79.7 Å². The van der Waals surface area contributed by atoms with E-state index < -0.39 is 35.5 Å². The number of aliphatic hydroxyl groups excluding tert-OH is 1. The maximum Gasteiger partial charge on any atom is 0.417 e. The SMILES string of the molecule is COC(=O)c1cc(N(CCc2ccc(C(F)(F)F)cn2)C(=O)[C@H](O)c2ccc(F)cc2)ccc1Cl. The number of benzene rings is 2. The molecule has 0 saturated heterocycles. The number of pyridine rings is 1. The fraction of sp³-hybridized carbons (Fsp3) is 0.208. The van der Waals surface area contributed by atoms with Crippen molar-refractivity contribution < 1.29 is 37.0 Å². The molecular formula is C24H19ClF4N2O4. The van der Waals surface area contributed by atoms with Crippen molar-refractivity contribution >= 4 is 29.2 Å². The normalized spacial score (nSPS) is 12.2. The molecule has 184 valence electrons. The van der Waals surface area contributed by atoms with E-state index in [9.17, 15) is 32.3 Å². The molecule has 0 aliphatic rings. The second-order valence-electron chi connectivity index (χ2n) is 7.39. The maximum absolute atomic E-state index is 13.3. The number of esters is 1. The zero-order valence-corrected chi connectivity index (χ0v) is 19.0. The van der Waals surface area contributed by atoms with Crippen LogP contribution in [0.2, 0.25) is 5.02 Å². The van der Waals surface area contributed by atoms with Crippen molar-refractivity contribution in [2.75, 3.05) is 18.6 Å². The quantitative estimate of drug-likeness (QED) is 0.358. The first-order valence-corrected chi connectivity index (χ1v) is 10.5. The zero-order valence-electron chi connectivity index (χ0n) is 18.2. The number of hydrogen-bond acceptors (Lipinski definition) is 5. The Hall–Kier alpha value is -3.50. The van der Waals surface area contributed by atoms with Gasteiger partial charge >= 0.3 is 12.1 Å². The summed E-state index contributed by atoms with van der Waals surface area (Å²) in [4.78, 5) is 30.2. The molecule has 11 heteroatoms. The third-order valence-electron chi connectivity index (χ3n) is 5.10. The average Bonchev–Trinajstić information content (AvgIpc) is 2.84. The third kappa shape index (κ3) is 6.34. The zero-order chi connectivity index (χ0) is 25.8. The van der Waals surface area contributed by atoms with E-state index in [4.69, 9.17) is 16.3 Å². The molecular weight excluding hydrogens is 492 g/mol. The molecule has 0 fully saturated rings. The summed E-state index contributed by atoms with van der Waals surface area (Å²) in [5, 5.41) is 10.7. The number of aromatic nitrogens is 1. The second-order valence-corrected chi connectivity index (χ2v) is 7.79. The lowest BCUT2D eigenvalue weighted by Gasteiger charge is -2.26. The number of anilines is 1. The Labute approximate surface area is 202 Å². The van der Waals surface area contributed by atoms with E-state index in [1.54, 1.807) is 0 Å². The number of hydrogen-bond donors (Lipinski definition) is 1. The smallest absolute Gasteiger partial charge is 0.417 e. The Kier molecular flexibility index (Phi) is 8.08. The number of rotatable bonds is 7. The minimum absolute atomic E-state index is 0.0240. The lowest BCUT2D eigenvalue weighted by atomic mass is 10.1. The number of amides is 1. The highest BCUT2D eigenvalue weighted by atomic mass is 35.5. The van der Waals surface area contributed by atoms with Gasteiger partial charge in [0.05, 0.1) is 23.3 Å². The summed E-state index contributed by atoms with van der Waals surface area (Å²) in [7, 11) is 1.16. The monoisotopic (exact) mass is 510 g/mol. The lowest BCUT2D eigenvalue weighted by molar-refractivity contribution is -0.137. The fourth-order valence-corrected chi connectivity index (χ4v) is 3.41. The summed E-state index contributed by atoms with van der Waals surface area (Å²) < 4.78 is 56.4. The first-order chi connectivity index (χ1) is 16.5. The summed E-state index contributed by atoms with van der Waals surface area (Å²) in [5.74, 6) is -2.13. The van der Waals surface area contributed by atoms with Gasteiger partial charge < -0.3 is 14.7 Å². The van der Waals surface area contributed by atoms with Gasteiger partial charge in [0.1, 0.15) is 5.82 Å². The molecule has 1 heterocycles. The molecule has 0 unspecified atom stereocenters. The molecule has 1 amide bonds. The summed E-state index contributed by atoms with van der Waals surface area (Å²) in [6, 6.07) is 10.8. The number of carbonyl (C=O) groups excluding carboxylic acids is 2. The van der Waals surface area contributed by atoms with Crippen LogP contribution in [0, 0.1) is 5.82 Å². The van der Waals surface area contributed by atoms with Crippen molar-refractivity contribution in [3.63, 3.8) is 0 Å². The van der Waals surface area contributed by atoms with E-state index in [1.165, 1.54) is 36.4 Å². The number of alkyl halides is 3. The standard InChI is InChI=1S/C24H19ClF4N2O4/c1-35-23(34)19-12-18(8-9-20(19)25)31(22(33)21(32)14-2-5-16(26)6-3-14)11-10-17-7-4-15(13-30-17)24(27,28)29/h2-9,12-13,21,32H,10-11H2,1H3/t21-/m1/s1. The molecule has 1 atom stereocenters. The van der Waals surface area contributed by atoms with Crippen molar-refractivity contribution in [2.24, 2.45) is 0 Å². The van der Waals surface area contributed by atoms with Gasteiger partial charge in [0.2, 0.25) is 0 Å². The van der Waals surface area contributed by atoms with Crippen molar-refractivity contribution in [2.45, 2.75) is 18.7 Å². The number of carbonyl (C=O) groups is 2. The number of nitrogens with zero attached hydrogens (tertiary/aromatic N) is 2. The molecule has 0 aliphatic heterocycles. The summed E-state index contributed by atoms with van der Waals surface area (Å²) in [6.07, 6.45) is -5.52. The van der Waals surface area contributed by atoms with Gasteiger partial charge in [-0.05, 0) is 48.0 Å². The highest BCUT2D eigenvalue weighted by Gasteiger charge is 2.31. The van der Waals surface area contributed by atoms with Gasteiger partial charge in [-0.2, -0.15) is 13.2 Å². The summed E-state index contributed by atoms with van der Waals surface area (Å²) in [6.45, 7) is -0.113. The maximum atomic E-state index is 13.3. The van der Waals surface area contributed by atoms with Gasteiger partial charge in [0.15, 0.2) is 6.10 Å². The molecule has 0 aliphatic carbocycles. The van der Waals surface area contributed by atoms with Crippen molar-refractivity contribution in [1.82, 2.24) is 4.98 Å². The Balaban J connectivity index is 1.93. The number of halogens is 5. The Bertz CT molecular complexity index is 1200. The van der Waals surface area contributed by atoms with Gasteiger partial charge in [-0.1, -0.05) is 23.7 Å². The van der Waals surface area contributed by atoms with E-state index in [-0.39, 0.29) is 40.5 Å². The van der Waals surface area contributed by atoms with Crippen LogP contribution in [-0.2, 0) is 22.1 Å². The van der Waals surface area contributed by atoms with Crippen LogP contribution in [0.25, 0.3) is 0 Å². The molecule has 35 heavy (non-hydrogen) atoms. The Morgan fingerprint density at radius 1 is 1.11 bits per heavy atom. The van der Waals surface area contributed by atoms with E-state index in [2.05, 4.69) is 4.98 Å². The van der Waals surface area contributed by atoms with Crippen LogP contribution in [0.3, 0.4) is 0 Å². The minimum Gasteiger partial charge on any atom is -0.465 e. The van der Waals surface area contributed by atoms with E-state index in [1.807, 2.05) is 0 Å². The van der Waals surface area contributed by atoms with Crippen LogP contribution in [-0.4, -0.2) is 35.6 Å². The van der Waals surface area contributed by atoms with Crippen molar-refractivity contribution in [3.05, 3.63) is 94.0 Å². The van der Waals surface area contributed by atoms with Crippen LogP contribution in [0.1, 0.15) is 33.3 Å². The predicted molar refractivity (Wildman–Crippen MR) is 119 cm³/mol. The first-order valence-electron chi connectivity index (χ1n) is 10.2. The van der Waals surface area contributed by atoms with Gasteiger partial charge in [0, 0.05) is 30.5 Å². The van der Waals surface area contributed by atoms with E-state index in [0.717, 1.165) is 30.2 Å². The highest BCUT2D eigenvalue weighted by molar-refractivity contribution is 6.33. The van der Waals surface area contributed by atoms with Crippen LogP contribution in [0.4, 0.5) is 23.2 Å². The molecule has 0 saturated carbocycles. The number of ether oxygens (including phenoxy) is 1. The molecule has 0 spiro atoms. The largest absolute Gasteiger partial charge is 0.465 e. The van der Waals surface area contributed by atoms with Gasteiger partial charge in [-0.15, -0.1) is 0 Å². The molecule has 2 aromatic carbocycles. The molecule has 0 bridgehead atoms. The van der Waals surface area contributed by atoms with Gasteiger partial charge in [-0.25, -0.2) is 9.18 Å².